The normalized spacial score (nSPS) is 12.0. The lowest BCUT2D eigenvalue weighted by Gasteiger charge is -2.15. The molecule has 0 rings (SSSR count). The van der Waals surface area contributed by atoms with E-state index in [2.05, 4.69) is 0 Å². The fourth-order valence-electron chi connectivity index (χ4n) is 0.144. The summed E-state index contributed by atoms with van der Waals surface area (Å²) in [5.41, 5.74) is -0.0871. The van der Waals surface area contributed by atoms with Crippen LogP contribution in [-0.4, -0.2) is 12.7 Å². The summed E-state index contributed by atoms with van der Waals surface area (Å²) in [7, 11) is 1.61. The van der Waals surface area contributed by atoms with Crippen LogP contribution in [0.4, 0.5) is 0 Å². The molecule has 0 aromatic carbocycles. The number of rotatable bonds is 3. The third kappa shape index (κ3) is 8.62. The van der Waals surface area contributed by atoms with E-state index in [9.17, 15) is 0 Å². The standard InChI is InChI=1S/C5H12O2S2/c1-5(2,3)7-9-8-6-4/h1-4H3. The van der Waals surface area contributed by atoms with Gasteiger partial charge in [0.15, 0.2) is 0 Å². The average Bonchev–Trinajstić information content (AvgIpc) is 1.63. The van der Waals surface area contributed by atoms with Gasteiger partial charge in [0, 0.05) is 0 Å². The van der Waals surface area contributed by atoms with Gasteiger partial charge in [-0.15, -0.1) is 0 Å². The van der Waals surface area contributed by atoms with E-state index in [4.69, 9.17) is 8.37 Å². The van der Waals surface area contributed by atoms with Crippen LogP contribution in [0.3, 0.4) is 0 Å². The molecule has 0 aliphatic heterocycles. The lowest BCUT2D eigenvalue weighted by atomic mass is 10.2. The summed E-state index contributed by atoms with van der Waals surface area (Å²) in [6.07, 6.45) is 0. The van der Waals surface area contributed by atoms with E-state index >= 15 is 0 Å². The maximum Gasteiger partial charge on any atom is 0.0930 e. The molecule has 4 heteroatoms. The van der Waals surface area contributed by atoms with Gasteiger partial charge in [0.25, 0.3) is 0 Å². The molecule has 0 radical (unpaired) electrons. The second-order valence-corrected chi connectivity index (χ2v) is 4.09. The molecule has 0 bridgehead atoms. The van der Waals surface area contributed by atoms with Crippen LogP contribution >= 0.6 is 22.1 Å². The van der Waals surface area contributed by atoms with Crippen molar-refractivity contribution >= 4 is 22.1 Å². The van der Waals surface area contributed by atoms with Gasteiger partial charge >= 0.3 is 0 Å². The summed E-state index contributed by atoms with van der Waals surface area (Å²) < 4.78 is 9.92. The minimum Gasteiger partial charge on any atom is -0.307 e. The van der Waals surface area contributed by atoms with Gasteiger partial charge in [-0.3, -0.25) is 4.18 Å². The molecule has 0 aromatic rings. The Labute approximate surface area is 64.5 Å². The van der Waals surface area contributed by atoms with Gasteiger partial charge in [-0.2, -0.15) is 0 Å². The molecule has 0 saturated heterocycles. The Balaban J connectivity index is 3.07. The van der Waals surface area contributed by atoms with E-state index in [1.807, 2.05) is 20.8 Å². The SMILES string of the molecule is COSSOC(C)(C)C. The van der Waals surface area contributed by atoms with Crippen LogP contribution in [0, 0.1) is 0 Å². The minimum atomic E-state index is -0.0871. The Hall–Kier alpha value is 0.620. The first-order chi connectivity index (χ1) is 4.06. The van der Waals surface area contributed by atoms with Gasteiger partial charge in [0.2, 0.25) is 0 Å². The highest BCUT2D eigenvalue weighted by Crippen LogP contribution is 2.27. The average molecular weight is 168 g/mol. The Morgan fingerprint density at radius 3 is 2.00 bits per heavy atom. The smallest absolute Gasteiger partial charge is 0.0930 e. The highest BCUT2D eigenvalue weighted by Gasteiger charge is 2.10. The zero-order valence-electron chi connectivity index (χ0n) is 6.13. The van der Waals surface area contributed by atoms with E-state index in [1.54, 1.807) is 7.11 Å². The summed E-state index contributed by atoms with van der Waals surface area (Å²) in [5.74, 6) is 0. The van der Waals surface area contributed by atoms with Gasteiger partial charge < -0.3 is 4.18 Å². The molecular formula is C5H12O2S2. The number of hydrogen-bond acceptors (Lipinski definition) is 4. The predicted molar refractivity (Wildman–Crippen MR) is 43.0 cm³/mol. The molecule has 0 saturated carbocycles. The van der Waals surface area contributed by atoms with Crippen molar-refractivity contribution in [1.82, 2.24) is 0 Å². The molecule has 0 fully saturated rings. The number of hydrogen-bond donors (Lipinski definition) is 0. The van der Waals surface area contributed by atoms with Crippen molar-refractivity contribution in [1.29, 1.82) is 0 Å². The van der Waals surface area contributed by atoms with Gasteiger partial charge in [-0.25, -0.2) is 0 Å². The molecule has 9 heavy (non-hydrogen) atoms. The molecule has 0 amide bonds. The molecular weight excluding hydrogens is 156 g/mol. The largest absolute Gasteiger partial charge is 0.307 e. The van der Waals surface area contributed by atoms with Crippen LogP contribution < -0.4 is 0 Å². The molecule has 0 aliphatic carbocycles. The second-order valence-electron chi connectivity index (χ2n) is 2.50. The van der Waals surface area contributed by atoms with Crippen LogP contribution in [0.5, 0.6) is 0 Å². The zero-order valence-corrected chi connectivity index (χ0v) is 7.77. The van der Waals surface area contributed by atoms with Crippen LogP contribution in [0.2, 0.25) is 0 Å². The Kier molecular flexibility index (Phi) is 4.74. The quantitative estimate of drug-likeness (QED) is 0.366. The highest BCUT2D eigenvalue weighted by atomic mass is 33.1. The van der Waals surface area contributed by atoms with Crippen LogP contribution in [0.1, 0.15) is 20.8 Å². The predicted octanol–water partition coefficient (Wildman–Crippen LogP) is 2.66. The third-order valence-electron chi connectivity index (χ3n) is 0.380. The summed E-state index contributed by atoms with van der Waals surface area (Å²) in [4.78, 5) is 0. The van der Waals surface area contributed by atoms with E-state index in [0.717, 1.165) is 0 Å². The van der Waals surface area contributed by atoms with Crippen molar-refractivity contribution in [2.75, 3.05) is 7.11 Å². The first kappa shape index (κ1) is 9.62. The van der Waals surface area contributed by atoms with Crippen molar-refractivity contribution in [3.8, 4) is 0 Å². The second kappa shape index (κ2) is 4.44. The molecule has 0 spiro atoms. The monoisotopic (exact) mass is 168 g/mol. The third-order valence-corrected chi connectivity index (χ3v) is 1.92. The molecule has 0 aromatic heterocycles. The first-order valence-corrected chi connectivity index (χ1v) is 4.61. The fourth-order valence-corrected chi connectivity index (χ4v) is 1.29. The highest BCUT2D eigenvalue weighted by molar-refractivity contribution is 8.73. The van der Waals surface area contributed by atoms with E-state index in [1.165, 1.54) is 22.1 Å². The topological polar surface area (TPSA) is 18.5 Å². The van der Waals surface area contributed by atoms with Crippen molar-refractivity contribution in [2.24, 2.45) is 0 Å². The van der Waals surface area contributed by atoms with E-state index in [-0.39, 0.29) is 5.60 Å². The Morgan fingerprint density at radius 1 is 1.11 bits per heavy atom. The van der Waals surface area contributed by atoms with Crippen LogP contribution in [0.15, 0.2) is 0 Å². The van der Waals surface area contributed by atoms with Gasteiger partial charge in [-0.05, 0) is 20.8 Å². The molecule has 56 valence electrons. The first-order valence-electron chi connectivity index (χ1n) is 2.61. The summed E-state index contributed by atoms with van der Waals surface area (Å²) in [5, 5.41) is 0. The lowest BCUT2D eigenvalue weighted by molar-refractivity contribution is 0.168. The van der Waals surface area contributed by atoms with Gasteiger partial charge in [0.1, 0.15) is 0 Å². The summed E-state index contributed by atoms with van der Waals surface area (Å²) in [6, 6.07) is 0. The van der Waals surface area contributed by atoms with E-state index < -0.39 is 0 Å². The molecule has 0 heterocycles. The van der Waals surface area contributed by atoms with Gasteiger partial charge in [-0.1, -0.05) is 0 Å². The zero-order chi connectivity index (χ0) is 7.33. The Morgan fingerprint density at radius 2 is 1.67 bits per heavy atom. The molecule has 0 atom stereocenters. The lowest BCUT2D eigenvalue weighted by Crippen LogP contribution is -2.13. The minimum absolute atomic E-state index is 0.0871. The maximum atomic E-state index is 5.22. The fraction of sp³-hybridized carbons (Fsp3) is 1.00. The molecule has 0 unspecified atom stereocenters. The van der Waals surface area contributed by atoms with Crippen molar-refractivity contribution < 1.29 is 8.37 Å². The van der Waals surface area contributed by atoms with Crippen LogP contribution in [-0.2, 0) is 8.37 Å². The summed E-state index contributed by atoms with van der Waals surface area (Å²) in [6.45, 7) is 5.99. The van der Waals surface area contributed by atoms with Crippen molar-refractivity contribution in [2.45, 2.75) is 26.4 Å². The molecule has 0 aliphatic rings. The Bertz CT molecular complexity index is 69.8. The molecule has 0 N–H and O–H groups in total. The van der Waals surface area contributed by atoms with Gasteiger partial charge in [0.05, 0.1) is 34.9 Å². The van der Waals surface area contributed by atoms with Crippen molar-refractivity contribution in [3.05, 3.63) is 0 Å². The molecule has 2 nitrogen and oxygen atoms in total. The van der Waals surface area contributed by atoms with Crippen LogP contribution in [0.25, 0.3) is 0 Å². The summed E-state index contributed by atoms with van der Waals surface area (Å²) >= 11 is 2.48. The van der Waals surface area contributed by atoms with Crippen molar-refractivity contribution in [3.63, 3.8) is 0 Å². The van der Waals surface area contributed by atoms with E-state index in [0.29, 0.717) is 0 Å². The maximum absolute atomic E-state index is 5.22.